The highest BCUT2D eigenvalue weighted by atomic mass is 19.4. The van der Waals surface area contributed by atoms with Crippen LogP contribution in [0.25, 0.3) is 0 Å². The van der Waals surface area contributed by atoms with Gasteiger partial charge in [-0.05, 0) is 31.2 Å². The van der Waals surface area contributed by atoms with Gasteiger partial charge in [0.05, 0.1) is 0 Å². The molecule has 1 aromatic carbocycles. The van der Waals surface area contributed by atoms with E-state index in [1.54, 1.807) is 4.90 Å². The molecule has 1 N–H and O–H groups in total. The van der Waals surface area contributed by atoms with E-state index in [0.29, 0.717) is 12.1 Å². The molecule has 1 aromatic rings. The van der Waals surface area contributed by atoms with Gasteiger partial charge in [0, 0.05) is 50.8 Å². The van der Waals surface area contributed by atoms with E-state index >= 15 is 0 Å². The monoisotopic (exact) mass is 438 g/mol. The maximum absolute atomic E-state index is 12.7. The van der Waals surface area contributed by atoms with Crippen molar-refractivity contribution < 1.29 is 22.8 Å². The molecule has 31 heavy (non-hydrogen) atoms. The van der Waals surface area contributed by atoms with Crippen LogP contribution in [0.5, 0.6) is 0 Å². The number of halogens is 3. The number of nitrogens with one attached hydrogen (secondary N) is 1. The van der Waals surface area contributed by atoms with Gasteiger partial charge in [-0.3, -0.25) is 9.69 Å². The van der Waals surface area contributed by atoms with Gasteiger partial charge in [-0.25, -0.2) is 4.79 Å². The molecule has 3 aliphatic rings. The number of hydrogen-bond acceptors (Lipinski definition) is 3. The predicted octanol–water partition coefficient (Wildman–Crippen LogP) is 2.99. The minimum Gasteiger partial charge on any atom is -0.339 e. The Kier molecular flexibility index (Phi) is 6.41. The zero-order valence-corrected chi connectivity index (χ0v) is 17.5. The molecular weight excluding hydrogens is 409 g/mol. The second kappa shape index (κ2) is 9.06. The van der Waals surface area contributed by atoms with Crippen LogP contribution < -0.4 is 5.32 Å². The lowest BCUT2D eigenvalue weighted by atomic mass is 9.96. The molecule has 0 spiro atoms. The van der Waals surface area contributed by atoms with Gasteiger partial charge in [-0.2, -0.15) is 13.2 Å². The molecule has 2 atom stereocenters. The second-order valence-electron chi connectivity index (χ2n) is 8.82. The Balaban J connectivity index is 1.24. The van der Waals surface area contributed by atoms with Crippen molar-refractivity contribution in [3.63, 3.8) is 0 Å². The van der Waals surface area contributed by atoms with Crippen molar-refractivity contribution in [2.45, 2.75) is 63.0 Å². The Hall–Kier alpha value is -2.29. The van der Waals surface area contributed by atoms with Crippen LogP contribution in [0.4, 0.5) is 18.0 Å². The molecule has 3 aliphatic heterocycles. The number of carbonyl (C=O) groups excluding carboxylic acids is 2. The average molecular weight is 438 g/mol. The summed E-state index contributed by atoms with van der Waals surface area (Å²) in [5.74, 6) is -0.921. The van der Waals surface area contributed by atoms with Gasteiger partial charge in [0.25, 0.3) is 0 Å². The molecule has 0 aliphatic carbocycles. The van der Waals surface area contributed by atoms with Crippen LogP contribution in [-0.4, -0.2) is 77.1 Å². The van der Waals surface area contributed by atoms with Gasteiger partial charge in [0.2, 0.25) is 5.91 Å². The molecule has 4 rings (SSSR count). The van der Waals surface area contributed by atoms with Gasteiger partial charge >= 0.3 is 12.2 Å². The van der Waals surface area contributed by atoms with Gasteiger partial charge < -0.3 is 15.1 Å². The second-order valence-corrected chi connectivity index (χ2v) is 8.82. The fourth-order valence-electron chi connectivity index (χ4n) is 5.15. The first-order valence-corrected chi connectivity index (χ1v) is 11.0. The quantitative estimate of drug-likeness (QED) is 0.787. The van der Waals surface area contributed by atoms with E-state index in [1.807, 2.05) is 6.07 Å². The van der Waals surface area contributed by atoms with E-state index in [0.717, 1.165) is 32.2 Å². The van der Waals surface area contributed by atoms with E-state index in [4.69, 9.17) is 0 Å². The third-order valence-corrected chi connectivity index (χ3v) is 6.69. The van der Waals surface area contributed by atoms with Crippen molar-refractivity contribution in [3.05, 3.63) is 35.9 Å². The van der Waals surface area contributed by atoms with Crippen molar-refractivity contribution in [1.29, 1.82) is 0 Å². The summed E-state index contributed by atoms with van der Waals surface area (Å²) in [6, 6.07) is 11.3. The zero-order chi connectivity index (χ0) is 22.0. The summed E-state index contributed by atoms with van der Waals surface area (Å²) in [4.78, 5) is 29.8. The number of piperidine rings is 1. The summed E-state index contributed by atoms with van der Waals surface area (Å²) in [5.41, 5.74) is 1.31. The standard InChI is InChI=1S/C22H29F3N4O2/c23-22(24,25)14-20(30)27-8-10-28(11-9-27)21(31)26-17-12-18-6-7-19(13-17)29(18)15-16-4-2-1-3-5-16/h1-5,17-19H,6-15H2,(H,26,31). The predicted molar refractivity (Wildman–Crippen MR) is 109 cm³/mol. The van der Waals surface area contributed by atoms with E-state index in [9.17, 15) is 22.8 Å². The van der Waals surface area contributed by atoms with Crippen molar-refractivity contribution in [2.24, 2.45) is 0 Å². The molecule has 3 fully saturated rings. The topological polar surface area (TPSA) is 55.9 Å². The van der Waals surface area contributed by atoms with Gasteiger partial charge in [-0.15, -0.1) is 0 Å². The lowest BCUT2D eigenvalue weighted by Crippen LogP contribution is -2.57. The van der Waals surface area contributed by atoms with Gasteiger partial charge in [0.15, 0.2) is 0 Å². The zero-order valence-electron chi connectivity index (χ0n) is 17.5. The molecule has 6 nitrogen and oxygen atoms in total. The Labute approximate surface area is 180 Å². The van der Waals surface area contributed by atoms with Crippen LogP contribution in [0, 0.1) is 0 Å². The van der Waals surface area contributed by atoms with Crippen LogP contribution in [0.2, 0.25) is 0 Å². The lowest BCUT2D eigenvalue weighted by molar-refractivity contribution is -0.162. The molecule has 170 valence electrons. The number of fused-ring (bicyclic) bond motifs is 2. The van der Waals surface area contributed by atoms with Gasteiger partial charge in [-0.1, -0.05) is 30.3 Å². The van der Waals surface area contributed by atoms with Crippen LogP contribution in [0.3, 0.4) is 0 Å². The smallest absolute Gasteiger partial charge is 0.339 e. The molecule has 3 saturated heterocycles. The van der Waals surface area contributed by atoms with Crippen molar-refractivity contribution in [2.75, 3.05) is 26.2 Å². The summed E-state index contributed by atoms with van der Waals surface area (Å²) in [6.45, 7) is 1.74. The minimum atomic E-state index is -4.50. The Morgan fingerprint density at radius 3 is 2.10 bits per heavy atom. The number of hydrogen-bond donors (Lipinski definition) is 1. The van der Waals surface area contributed by atoms with Crippen LogP contribution >= 0.6 is 0 Å². The van der Waals surface area contributed by atoms with E-state index in [-0.39, 0.29) is 38.3 Å². The molecular formula is C22H29F3N4O2. The molecule has 2 bridgehead atoms. The highest BCUT2D eigenvalue weighted by molar-refractivity contribution is 5.78. The fraction of sp³-hybridized carbons (Fsp3) is 0.636. The summed E-state index contributed by atoms with van der Waals surface area (Å²) in [5, 5.41) is 3.13. The Morgan fingerprint density at radius 2 is 1.52 bits per heavy atom. The molecule has 0 saturated carbocycles. The van der Waals surface area contributed by atoms with Crippen LogP contribution in [0.1, 0.15) is 37.7 Å². The van der Waals surface area contributed by atoms with Crippen molar-refractivity contribution in [3.8, 4) is 0 Å². The molecule has 0 aromatic heterocycles. The third kappa shape index (κ3) is 5.50. The molecule has 3 amide bonds. The minimum absolute atomic E-state index is 0.113. The third-order valence-electron chi connectivity index (χ3n) is 6.69. The summed E-state index contributed by atoms with van der Waals surface area (Å²) in [7, 11) is 0. The number of nitrogens with zero attached hydrogens (tertiary/aromatic N) is 3. The normalized spacial score (nSPS) is 26.7. The lowest BCUT2D eigenvalue weighted by Gasteiger charge is -2.40. The number of amides is 3. The highest BCUT2D eigenvalue weighted by Crippen LogP contribution is 2.37. The van der Waals surface area contributed by atoms with E-state index < -0.39 is 18.5 Å². The number of rotatable bonds is 4. The van der Waals surface area contributed by atoms with Crippen LogP contribution in [0.15, 0.2) is 30.3 Å². The van der Waals surface area contributed by atoms with Crippen LogP contribution in [-0.2, 0) is 11.3 Å². The molecule has 9 heteroatoms. The first-order valence-electron chi connectivity index (χ1n) is 11.0. The summed E-state index contributed by atoms with van der Waals surface area (Å²) < 4.78 is 37.3. The molecule has 0 radical (unpaired) electrons. The average Bonchev–Trinajstić information content (AvgIpc) is 2.95. The van der Waals surface area contributed by atoms with Crippen molar-refractivity contribution in [1.82, 2.24) is 20.0 Å². The number of urea groups is 1. The largest absolute Gasteiger partial charge is 0.397 e. The number of benzene rings is 1. The summed E-state index contributed by atoms with van der Waals surface area (Å²) in [6.07, 6.45) is -1.82. The van der Waals surface area contributed by atoms with Gasteiger partial charge in [0.1, 0.15) is 6.42 Å². The van der Waals surface area contributed by atoms with E-state index in [1.165, 1.54) is 10.5 Å². The van der Waals surface area contributed by atoms with E-state index in [2.05, 4.69) is 34.5 Å². The first kappa shape index (κ1) is 21.9. The Morgan fingerprint density at radius 1 is 0.935 bits per heavy atom. The number of carbonyl (C=O) groups is 2. The Bertz CT molecular complexity index is 767. The maximum Gasteiger partial charge on any atom is 0.397 e. The summed E-state index contributed by atoms with van der Waals surface area (Å²) >= 11 is 0. The number of piperazine rings is 1. The molecule has 2 unspecified atom stereocenters. The van der Waals surface area contributed by atoms with Crippen molar-refractivity contribution >= 4 is 11.9 Å². The first-order chi connectivity index (χ1) is 14.8. The number of alkyl halides is 3. The highest BCUT2D eigenvalue weighted by Gasteiger charge is 2.41. The fourth-order valence-corrected chi connectivity index (χ4v) is 5.15. The SMILES string of the molecule is O=C(CC(F)(F)F)N1CCN(C(=O)NC2CC3CCC(C2)N3Cc2ccccc2)CC1. The molecule has 3 heterocycles. The maximum atomic E-state index is 12.7.